The van der Waals surface area contributed by atoms with Gasteiger partial charge >= 0.3 is 0 Å². The SMILES string of the molecule is CC(C)c1ccc(NC(=O)c2cc3cccnc3n(Cc3ccccc3F)c2=O)cc1. The number of pyridine rings is 2. The molecule has 2 aromatic carbocycles. The number of amides is 1. The summed E-state index contributed by atoms with van der Waals surface area (Å²) in [5.41, 5.74) is 1.95. The lowest BCUT2D eigenvalue weighted by Gasteiger charge is -2.13. The van der Waals surface area contributed by atoms with Crippen LogP contribution in [0.2, 0.25) is 0 Å². The molecule has 1 N–H and O–H groups in total. The van der Waals surface area contributed by atoms with Gasteiger partial charge in [0.15, 0.2) is 0 Å². The summed E-state index contributed by atoms with van der Waals surface area (Å²) in [5.74, 6) is -0.558. The molecule has 0 fully saturated rings. The summed E-state index contributed by atoms with van der Waals surface area (Å²) in [5, 5.41) is 3.41. The van der Waals surface area contributed by atoms with Gasteiger partial charge in [0.1, 0.15) is 17.0 Å². The molecule has 4 rings (SSSR count). The average Bonchev–Trinajstić information content (AvgIpc) is 2.77. The normalized spacial score (nSPS) is 11.1. The van der Waals surface area contributed by atoms with Crippen LogP contribution in [0.25, 0.3) is 11.0 Å². The monoisotopic (exact) mass is 415 g/mol. The maximum Gasteiger partial charge on any atom is 0.265 e. The Hall–Kier alpha value is -3.80. The number of nitrogens with zero attached hydrogens (tertiary/aromatic N) is 2. The van der Waals surface area contributed by atoms with Gasteiger partial charge in [0.2, 0.25) is 0 Å². The van der Waals surface area contributed by atoms with E-state index in [2.05, 4.69) is 24.1 Å². The summed E-state index contributed by atoms with van der Waals surface area (Å²) in [7, 11) is 0. The average molecular weight is 415 g/mol. The molecule has 0 radical (unpaired) electrons. The summed E-state index contributed by atoms with van der Waals surface area (Å²) in [6, 6.07) is 18.8. The van der Waals surface area contributed by atoms with Gasteiger partial charge in [-0.1, -0.05) is 44.2 Å². The molecule has 1 amide bonds. The fourth-order valence-corrected chi connectivity index (χ4v) is 3.46. The van der Waals surface area contributed by atoms with Crippen molar-refractivity contribution in [1.82, 2.24) is 9.55 Å². The van der Waals surface area contributed by atoms with E-state index in [0.29, 0.717) is 28.2 Å². The molecule has 0 bridgehead atoms. The van der Waals surface area contributed by atoms with Gasteiger partial charge in [-0.15, -0.1) is 0 Å². The zero-order valence-corrected chi connectivity index (χ0v) is 17.3. The number of benzene rings is 2. The number of hydrogen-bond acceptors (Lipinski definition) is 3. The summed E-state index contributed by atoms with van der Waals surface area (Å²) < 4.78 is 15.6. The molecule has 31 heavy (non-hydrogen) atoms. The van der Waals surface area contributed by atoms with E-state index < -0.39 is 17.3 Å². The van der Waals surface area contributed by atoms with E-state index in [1.807, 2.05) is 24.3 Å². The van der Waals surface area contributed by atoms with Crippen molar-refractivity contribution in [2.45, 2.75) is 26.3 Å². The first-order valence-corrected chi connectivity index (χ1v) is 10.1. The third-order valence-corrected chi connectivity index (χ3v) is 5.21. The topological polar surface area (TPSA) is 64.0 Å². The molecule has 0 aliphatic rings. The predicted octanol–water partition coefficient (Wildman–Crippen LogP) is 4.96. The standard InChI is InChI=1S/C25H22FN3O2/c1-16(2)17-9-11-20(12-10-17)28-24(30)21-14-18-7-5-13-27-23(18)29(25(21)31)15-19-6-3-4-8-22(19)26/h3-14,16H,15H2,1-2H3,(H,28,30). The molecule has 0 unspecified atom stereocenters. The van der Waals surface area contributed by atoms with Crippen LogP contribution in [-0.2, 0) is 6.54 Å². The highest BCUT2D eigenvalue weighted by atomic mass is 19.1. The number of carbonyl (C=O) groups is 1. The van der Waals surface area contributed by atoms with Crippen LogP contribution in [-0.4, -0.2) is 15.5 Å². The van der Waals surface area contributed by atoms with Crippen molar-refractivity contribution in [3.05, 3.63) is 106 Å². The molecule has 2 heterocycles. The van der Waals surface area contributed by atoms with E-state index >= 15 is 0 Å². The minimum atomic E-state index is -0.522. The van der Waals surface area contributed by atoms with Gasteiger partial charge in [0, 0.05) is 22.8 Å². The second-order valence-electron chi connectivity index (χ2n) is 7.69. The Labute approximate surface area is 179 Å². The number of carbonyl (C=O) groups excluding carboxylic acids is 1. The van der Waals surface area contributed by atoms with Gasteiger partial charge in [0.05, 0.1) is 6.54 Å². The third-order valence-electron chi connectivity index (χ3n) is 5.21. The van der Waals surface area contributed by atoms with Crippen LogP contribution >= 0.6 is 0 Å². The Balaban J connectivity index is 1.74. The van der Waals surface area contributed by atoms with Crippen molar-refractivity contribution in [2.24, 2.45) is 0 Å². The van der Waals surface area contributed by atoms with Gasteiger partial charge in [0.25, 0.3) is 11.5 Å². The molecule has 6 heteroatoms. The molecule has 4 aromatic rings. The lowest BCUT2D eigenvalue weighted by Crippen LogP contribution is -2.30. The number of halogens is 1. The Bertz CT molecular complexity index is 1310. The minimum Gasteiger partial charge on any atom is -0.322 e. The number of aromatic nitrogens is 2. The van der Waals surface area contributed by atoms with Crippen molar-refractivity contribution >= 4 is 22.6 Å². The van der Waals surface area contributed by atoms with Crippen LogP contribution in [0.1, 0.15) is 41.3 Å². The molecule has 156 valence electrons. The van der Waals surface area contributed by atoms with Crippen molar-refractivity contribution in [2.75, 3.05) is 5.32 Å². The molecule has 0 saturated carbocycles. The zero-order valence-electron chi connectivity index (χ0n) is 17.3. The summed E-state index contributed by atoms with van der Waals surface area (Å²) >= 11 is 0. The lowest BCUT2D eigenvalue weighted by atomic mass is 10.0. The van der Waals surface area contributed by atoms with Crippen LogP contribution in [0, 0.1) is 5.82 Å². The van der Waals surface area contributed by atoms with E-state index in [1.165, 1.54) is 16.7 Å². The summed E-state index contributed by atoms with van der Waals surface area (Å²) in [6.07, 6.45) is 1.57. The van der Waals surface area contributed by atoms with Crippen molar-refractivity contribution < 1.29 is 9.18 Å². The second-order valence-corrected chi connectivity index (χ2v) is 7.69. The number of fused-ring (bicyclic) bond motifs is 1. The molecule has 0 atom stereocenters. The van der Waals surface area contributed by atoms with Crippen molar-refractivity contribution in [3.8, 4) is 0 Å². The van der Waals surface area contributed by atoms with E-state index in [4.69, 9.17) is 0 Å². The lowest BCUT2D eigenvalue weighted by molar-refractivity contribution is 0.102. The van der Waals surface area contributed by atoms with Crippen molar-refractivity contribution in [3.63, 3.8) is 0 Å². The third kappa shape index (κ3) is 4.23. The van der Waals surface area contributed by atoms with Crippen molar-refractivity contribution in [1.29, 1.82) is 0 Å². The van der Waals surface area contributed by atoms with Gasteiger partial charge in [-0.2, -0.15) is 0 Å². The fraction of sp³-hybridized carbons (Fsp3) is 0.160. The largest absolute Gasteiger partial charge is 0.322 e. The van der Waals surface area contributed by atoms with E-state index in [9.17, 15) is 14.0 Å². The number of hydrogen-bond donors (Lipinski definition) is 1. The Kier molecular flexibility index (Phi) is 5.62. The highest BCUT2D eigenvalue weighted by Gasteiger charge is 2.17. The van der Waals surface area contributed by atoms with Gasteiger partial charge in [-0.25, -0.2) is 9.37 Å². The minimum absolute atomic E-state index is 0.0234. The summed E-state index contributed by atoms with van der Waals surface area (Å²) in [4.78, 5) is 30.5. The molecule has 0 spiro atoms. The number of rotatable bonds is 5. The molecule has 0 aliphatic heterocycles. The smallest absolute Gasteiger partial charge is 0.265 e. The van der Waals surface area contributed by atoms with Crippen LogP contribution in [0.3, 0.4) is 0 Å². The first-order valence-electron chi connectivity index (χ1n) is 10.1. The molecular weight excluding hydrogens is 393 g/mol. The van der Waals surface area contributed by atoms with E-state index in [0.717, 1.165) is 5.56 Å². The maximum atomic E-state index is 14.2. The second kappa shape index (κ2) is 8.52. The summed E-state index contributed by atoms with van der Waals surface area (Å²) in [6.45, 7) is 4.16. The van der Waals surface area contributed by atoms with Gasteiger partial charge < -0.3 is 5.32 Å². The van der Waals surface area contributed by atoms with E-state index in [1.54, 1.807) is 36.5 Å². The Morgan fingerprint density at radius 1 is 1.06 bits per heavy atom. The van der Waals surface area contributed by atoms with Crippen LogP contribution in [0.4, 0.5) is 10.1 Å². The van der Waals surface area contributed by atoms with Crippen LogP contribution in [0.15, 0.2) is 77.7 Å². The molecule has 0 aliphatic carbocycles. The highest BCUT2D eigenvalue weighted by molar-refractivity contribution is 6.05. The zero-order chi connectivity index (χ0) is 22.0. The Morgan fingerprint density at radius 2 is 1.81 bits per heavy atom. The van der Waals surface area contributed by atoms with Crippen LogP contribution in [0.5, 0.6) is 0 Å². The highest BCUT2D eigenvalue weighted by Crippen LogP contribution is 2.19. The first kappa shape index (κ1) is 20.5. The quantitative estimate of drug-likeness (QED) is 0.501. The fourth-order valence-electron chi connectivity index (χ4n) is 3.46. The molecular formula is C25H22FN3O2. The number of nitrogens with one attached hydrogen (secondary N) is 1. The van der Waals surface area contributed by atoms with Gasteiger partial charge in [-0.3, -0.25) is 14.2 Å². The predicted molar refractivity (Wildman–Crippen MR) is 120 cm³/mol. The van der Waals surface area contributed by atoms with Gasteiger partial charge in [-0.05, 0) is 47.9 Å². The molecule has 2 aromatic heterocycles. The number of anilines is 1. The molecule has 0 saturated heterocycles. The van der Waals surface area contributed by atoms with E-state index in [-0.39, 0.29) is 12.1 Å². The maximum absolute atomic E-state index is 14.2. The van der Waals surface area contributed by atoms with Crippen LogP contribution < -0.4 is 10.9 Å². The Morgan fingerprint density at radius 3 is 2.52 bits per heavy atom. The molecule has 5 nitrogen and oxygen atoms in total. The first-order chi connectivity index (χ1) is 14.9.